The molecule has 0 aliphatic carbocycles. The van der Waals surface area contributed by atoms with Crippen LogP contribution in [0.15, 0.2) is 65.8 Å². The molecule has 0 bridgehead atoms. The summed E-state index contributed by atoms with van der Waals surface area (Å²) >= 11 is 2.04. The molecule has 0 unspecified atom stereocenters. The zero-order valence-corrected chi connectivity index (χ0v) is 20.9. The first-order valence-corrected chi connectivity index (χ1v) is 11.3. The molecule has 10 nitrogen and oxygen atoms in total. The molecule has 35 heavy (non-hydrogen) atoms. The van der Waals surface area contributed by atoms with Crippen molar-refractivity contribution >= 4 is 52.0 Å². The highest BCUT2D eigenvalue weighted by molar-refractivity contribution is 14.1. The number of amides is 2. The monoisotopic (exact) mass is 588 g/mol. The molecule has 0 saturated heterocycles. The topological polar surface area (TPSA) is 132 Å². The number of rotatable bonds is 9. The van der Waals surface area contributed by atoms with Crippen molar-refractivity contribution in [2.45, 2.75) is 6.92 Å². The lowest BCUT2D eigenvalue weighted by molar-refractivity contribution is -0.384. The van der Waals surface area contributed by atoms with E-state index in [4.69, 9.17) is 9.47 Å². The fourth-order valence-corrected chi connectivity index (χ4v) is 3.78. The van der Waals surface area contributed by atoms with Gasteiger partial charge in [-0.2, -0.15) is 5.10 Å². The summed E-state index contributed by atoms with van der Waals surface area (Å²) in [6.07, 6.45) is 1.40. The minimum Gasteiger partial charge on any atom is -0.493 e. The van der Waals surface area contributed by atoms with E-state index in [9.17, 15) is 19.7 Å². The number of hydrogen-bond acceptors (Lipinski definition) is 7. The molecule has 0 aliphatic rings. The second-order valence-electron chi connectivity index (χ2n) is 7.25. The van der Waals surface area contributed by atoms with E-state index in [1.54, 1.807) is 18.2 Å². The fourth-order valence-electron chi connectivity index (χ4n) is 3.00. The van der Waals surface area contributed by atoms with E-state index in [-0.39, 0.29) is 23.8 Å². The molecule has 3 rings (SSSR count). The third-order valence-electron chi connectivity index (χ3n) is 4.60. The van der Waals surface area contributed by atoms with Crippen molar-refractivity contribution in [2.24, 2.45) is 5.10 Å². The van der Waals surface area contributed by atoms with Crippen molar-refractivity contribution < 1.29 is 24.0 Å². The lowest BCUT2D eigenvalue weighted by Gasteiger charge is -2.13. The van der Waals surface area contributed by atoms with Crippen LogP contribution in [0, 0.1) is 20.6 Å². The molecule has 0 aromatic heterocycles. The fraction of sp³-hybridized carbons (Fsp3) is 0.125. The molecule has 11 heteroatoms. The van der Waals surface area contributed by atoms with Crippen LogP contribution in [0.3, 0.4) is 0 Å². The number of anilines is 1. The molecule has 0 aliphatic heterocycles. The summed E-state index contributed by atoms with van der Waals surface area (Å²) in [7, 11) is 1.47. The first kappa shape index (κ1) is 25.6. The molecule has 2 N–H and O–H groups in total. The second-order valence-corrected chi connectivity index (χ2v) is 8.41. The van der Waals surface area contributed by atoms with Gasteiger partial charge in [-0.15, -0.1) is 0 Å². The van der Waals surface area contributed by atoms with Crippen molar-refractivity contribution in [1.29, 1.82) is 0 Å². The quantitative estimate of drug-likeness (QED) is 0.166. The van der Waals surface area contributed by atoms with Gasteiger partial charge in [0, 0.05) is 23.4 Å². The number of hydrazone groups is 1. The maximum absolute atomic E-state index is 12.3. The highest BCUT2D eigenvalue weighted by atomic mass is 127. The number of aryl methyl sites for hydroxylation is 1. The standard InChI is InChI=1S/C24H21IN4O6/c1-15-5-3-7-18(9-15)27-22(30)14-35-23-20(25)10-16(11-21(23)34-2)13-26-28-24(31)17-6-4-8-19(12-17)29(32)33/h3-13H,14H2,1-2H3,(H,27,30)(H,28,31)/b26-13+. The van der Waals surface area contributed by atoms with Crippen LogP contribution in [0.4, 0.5) is 11.4 Å². The number of nitrogens with one attached hydrogen (secondary N) is 2. The number of methoxy groups -OCH3 is 1. The van der Waals surface area contributed by atoms with E-state index in [2.05, 4.69) is 15.8 Å². The van der Waals surface area contributed by atoms with E-state index in [0.717, 1.165) is 11.6 Å². The number of halogens is 1. The lowest BCUT2D eigenvalue weighted by atomic mass is 10.2. The summed E-state index contributed by atoms with van der Waals surface area (Å²) in [5.74, 6) is -0.133. The van der Waals surface area contributed by atoms with E-state index in [1.165, 1.54) is 31.5 Å². The van der Waals surface area contributed by atoms with Gasteiger partial charge < -0.3 is 14.8 Å². The molecular weight excluding hydrogens is 567 g/mol. The SMILES string of the molecule is COc1cc(/C=N/NC(=O)c2cccc([N+](=O)[O-])c2)cc(I)c1OCC(=O)Nc1cccc(C)c1. The zero-order chi connectivity index (χ0) is 25.4. The Morgan fingerprint density at radius 2 is 1.91 bits per heavy atom. The number of carbonyl (C=O) groups is 2. The average Bonchev–Trinajstić information content (AvgIpc) is 2.83. The first-order chi connectivity index (χ1) is 16.8. The lowest BCUT2D eigenvalue weighted by Crippen LogP contribution is -2.20. The van der Waals surface area contributed by atoms with Crippen molar-refractivity contribution in [2.75, 3.05) is 19.0 Å². The van der Waals surface area contributed by atoms with Crippen molar-refractivity contribution in [3.05, 3.63) is 91.0 Å². The molecule has 0 atom stereocenters. The number of non-ortho nitro benzene ring substituents is 1. The van der Waals surface area contributed by atoms with Gasteiger partial charge in [0.1, 0.15) is 0 Å². The van der Waals surface area contributed by atoms with Crippen molar-refractivity contribution in [1.82, 2.24) is 5.43 Å². The third-order valence-corrected chi connectivity index (χ3v) is 5.40. The van der Waals surface area contributed by atoms with Crippen LogP contribution in [0.25, 0.3) is 0 Å². The Morgan fingerprint density at radius 1 is 1.14 bits per heavy atom. The van der Waals surface area contributed by atoms with Gasteiger partial charge in [0.15, 0.2) is 18.1 Å². The highest BCUT2D eigenvalue weighted by Gasteiger charge is 2.14. The summed E-state index contributed by atoms with van der Waals surface area (Å²) in [5, 5.41) is 17.6. The Bertz CT molecular complexity index is 1290. The zero-order valence-electron chi connectivity index (χ0n) is 18.8. The molecule has 0 spiro atoms. The number of nitro groups is 1. The van der Waals surface area contributed by atoms with Gasteiger partial charge in [-0.25, -0.2) is 5.43 Å². The van der Waals surface area contributed by atoms with Gasteiger partial charge in [0.2, 0.25) is 0 Å². The molecule has 180 valence electrons. The van der Waals surface area contributed by atoms with Crippen LogP contribution in [0.1, 0.15) is 21.5 Å². The van der Waals surface area contributed by atoms with Crippen LogP contribution >= 0.6 is 22.6 Å². The maximum atomic E-state index is 12.3. The molecule has 0 saturated carbocycles. The summed E-state index contributed by atoms with van der Waals surface area (Å²) < 4.78 is 11.8. The Balaban J connectivity index is 1.64. The van der Waals surface area contributed by atoms with Crippen LogP contribution < -0.4 is 20.2 Å². The van der Waals surface area contributed by atoms with Gasteiger partial charge in [0.05, 0.1) is 21.8 Å². The van der Waals surface area contributed by atoms with E-state index < -0.39 is 10.8 Å². The molecule has 0 radical (unpaired) electrons. The van der Waals surface area contributed by atoms with Crippen molar-refractivity contribution in [3.63, 3.8) is 0 Å². The molecule has 3 aromatic carbocycles. The predicted octanol–water partition coefficient (Wildman–Crippen LogP) is 4.30. The molecule has 0 heterocycles. The molecule has 0 fully saturated rings. The van der Waals surface area contributed by atoms with Gasteiger partial charge in [0.25, 0.3) is 17.5 Å². The van der Waals surface area contributed by atoms with Crippen LogP contribution in [0.5, 0.6) is 11.5 Å². The molecular formula is C24H21IN4O6. The normalized spacial score (nSPS) is 10.6. The Hall–Kier alpha value is -4.00. The first-order valence-electron chi connectivity index (χ1n) is 10.2. The molecule has 2 amide bonds. The van der Waals surface area contributed by atoms with Crippen LogP contribution in [-0.2, 0) is 4.79 Å². The summed E-state index contributed by atoms with van der Waals surface area (Å²) in [6, 6.07) is 16.1. The van der Waals surface area contributed by atoms with E-state index in [0.29, 0.717) is 26.3 Å². The predicted molar refractivity (Wildman–Crippen MR) is 139 cm³/mol. The van der Waals surface area contributed by atoms with E-state index in [1.807, 2.05) is 47.7 Å². The minimum atomic E-state index is -0.591. The number of carbonyl (C=O) groups excluding carboxylic acids is 2. The van der Waals surface area contributed by atoms with Crippen LogP contribution in [0.2, 0.25) is 0 Å². The largest absolute Gasteiger partial charge is 0.493 e. The average molecular weight is 588 g/mol. The van der Waals surface area contributed by atoms with Gasteiger partial charge in [-0.05, 0) is 71.0 Å². The number of nitro benzene ring substituents is 1. The van der Waals surface area contributed by atoms with Gasteiger partial charge in [-0.3, -0.25) is 19.7 Å². The number of hydrogen-bond donors (Lipinski definition) is 2. The summed E-state index contributed by atoms with van der Waals surface area (Å²) in [6.45, 7) is 1.72. The van der Waals surface area contributed by atoms with Crippen molar-refractivity contribution in [3.8, 4) is 11.5 Å². The molecule has 3 aromatic rings. The maximum Gasteiger partial charge on any atom is 0.271 e. The van der Waals surface area contributed by atoms with Gasteiger partial charge >= 0.3 is 0 Å². The Morgan fingerprint density at radius 3 is 2.63 bits per heavy atom. The van der Waals surface area contributed by atoms with Crippen LogP contribution in [-0.4, -0.2) is 36.7 Å². The summed E-state index contributed by atoms with van der Waals surface area (Å²) in [5.41, 5.74) is 4.55. The number of nitrogens with zero attached hydrogens (tertiary/aromatic N) is 2. The highest BCUT2D eigenvalue weighted by Crippen LogP contribution is 2.33. The summed E-state index contributed by atoms with van der Waals surface area (Å²) in [4.78, 5) is 34.8. The van der Waals surface area contributed by atoms with Gasteiger partial charge in [-0.1, -0.05) is 18.2 Å². The third kappa shape index (κ3) is 7.24. The number of ether oxygens (including phenoxy) is 2. The Kier molecular flexibility index (Phi) is 8.73. The Labute approximate surface area is 214 Å². The minimum absolute atomic E-state index is 0.108. The van der Waals surface area contributed by atoms with E-state index >= 15 is 0 Å². The second kappa shape index (κ2) is 11.9. The smallest absolute Gasteiger partial charge is 0.271 e. The number of benzene rings is 3.